The number of aromatic nitrogens is 1. The van der Waals surface area contributed by atoms with Gasteiger partial charge in [-0.05, 0) is 45.4 Å². The van der Waals surface area contributed by atoms with E-state index in [0.29, 0.717) is 30.4 Å². The van der Waals surface area contributed by atoms with Gasteiger partial charge in [-0.3, -0.25) is 0 Å². The molecule has 154 valence electrons. The van der Waals surface area contributed by atoms with E-state index in [2.05, 4.69) is 25.5 Å². The van der Waals surface area contributed by atoms with Crippen LogP contribution in [0.25, 0.3) is 0 Å². The standard InChI is InChI=1S/C19H26F2N4O3/c1-5-22-19(23-9-8-16-12(2)25-28-13(16)3)24-11-14-10-15(26-4)6-7-17(14)27-18(20)21/h6-7,10,18H,5,8-9,11H2,1-4H3,(H2,22,23,24). The van der Waals surface area contributed by atoms with Gasteiger partial charge >= 0.3 is 6.61 Å². The first-order chi connectivity index (χ1) is 13.4. The van der Waals surface area contributed by atoms with Crippen molar-refractivity contribution in [3.05, 3.63) is 40.8 Å². The summed E-state index contributed by atoms with van der Waals surface area (Å²) >= 11 is 0. The minimum absolute atomic E-state index is 0.0751. The number of hydrogen-bond acceptors (Lipinski definition) is 5. The Morgan fingerprint density at radius 1 is 1.29 bits per heavy atom. The van der Waals surface area contributed by atoms with Crippen molar-refractivity contribution in [3.8, 4) is 11.5 Å². The maximum atomic E-state index is 12.6. The number of nitrogens with one attached hydrogen (secondary N) is 2. The Kier molecular flexibility index (Phi) is 8.03. The molecule has 0 radical (unpaired) electrons. The van der Waals surface area contributed by atoms with Crippen LogP contribution in [-0.4, -0.2) is 37.9 Å². The SMILES string of the molecule is CCNC(=NCc1cc(OC)ccc1OC(F)F)NCCc1c(C)noc1C. The summed E-state index contributed by atoms with van der Waals surface area (Å²) in [7, 11) is 1.51. The molecule has 0 amide bonds. The van der Waals surface area contributed by atoms with Crippen LogP contribution in [0.4, 0.5) is 8.78 Å². The topological polar surface area (TPSA) is 80.9 Å². The van der Waals surface area contributed by atoms with Crippen molar-refractivity contribution < 1.29 is 22.8 Å². The van der Waals surface area contributed by atoms with E-state index in [-0.39, 0.29) is 12.3 Å². The molecule has 0 bridgehead atoms. The summed E-state index contributed by atoms with van der Waals surface area (Å²) in [6.45, 7) is 4.25. The fourth-order valence-corrected chi connectivity index (χ4v) is 2.69. The van der Waals surface area contributed by atoms with Gasteiger partial charge < -0.3 is 24.6 Å². The fourth-order valence-electron chi connectivity index (χ4n) is 2.69. The zero-order valence-electron chi connectivity index (χ0n) is 16.5. The van der Waals surface area contributed by atoms with Crippen LogP contribution >= 0.6 is 0 Å². The van der Waals surface area contributed by atoms with Gasteiger partial charge in [0.05, 0.1) is 19.3 Å². The smallest absolute Gasteiger partial charge is 0.387 e. The first-order valence-electron chi connectivity index (χ1n) is 9.00. The molecule has 2 rings (SSSR count). The highest BCUT2D eigenvalue weighted by atomic mass is 19.3. The average Bonchev–Trinajstić information content (AvgIpc) is 2.98. The first-order valence-corrected chi connectivity index (χ1v) is 9.00. The molecule has 1 heterocycles. The number of alkyl halides is 2. The van der Waals surface area contributed by atoms with Gasteiger partial charge in [-0.15, -0.1) is 0 Å². The lowest BCUT2D eigenvalue weighted by Crippen LogP contribution is -2.38. The molecule has 0 atom stereocenters. The van der Waals surface area contributed by atoms with Crippen molar-refractivity contribution in [1.82, 2.24) is 15.8 Å². The summed E-state index contributed by atoms with van der Waals surface area (Å²) in [6.07, 6.45) is 0.727. The molecular weight excluding hydrogens is 370 g/mol. The minimum atomic E-state index is -2.91. The zero-order chi connectivity index (χ0) is 20.5. The second-order valence-corrected chi connectivity index (χ2v) is 6.03. The molecule has 0 unspecified atom stereocenters. The number of ether oxygens (including phenoxy) is 2. The molecule has 0 spiro atoms. The molecule has 0 aliphatic heterocycles. The zero-order valence-corrected chi connectivity index (χ0v) is 16.5. The summed E-state index contributed by atoms with van der Waals surface area (Å²) in [6, 6.07) is 4.65. The first kappa shape index (κ1) is 21.5. The molecule has 7 nitrogen and oxygen atoms in total. The van der Waals surface area contributed by atoms with Gasteiger partial charge in [0, 0.05) is 24.2 Å². The number of aliphatic imine (C=N–C) groups is 1. The van der Waals surface area contributed by atoms with Crippen molar-refractivity contribution in [3.63, 3.8) is 0 Å². The highest BCUT2D eigenvalue weighted by Crippen LogP contribution is 2.26. The molecular formula is C19H26F2N4O3. The number of rotatable bonds is 9. The lowest BCUT2D eigenvalue weighted by Gasteiger charge is -2.13. The normalized spacial score (nSPS) is 11.6. The monoisotopic (exact) mass is 396 g/mol. The van der Waals surface area contributed by atoms with Crippen LogP contribution in [0.2, 0.25) is 0 Å². The molecule has 0 saturated heterocycles. The van der Waals surface area contributed by atoms with Crippen molar-refractivity contribution in [2.75, 3.05) is 20.2 Å². The van der Waals surface area contributed by atoms with Crippen molar-refractivity contribution in [2.24, 2.45) is 4.99 Å². The van der Waals surface area contributed by atoms with Gasteiger partial charge in [0.1, 0.15) is 17.3 Å². The van der Waals surface area contributed by atoms with E-state index >= 15 is 0 Å². The van der Waals surface area contributed by atoms with E-state index in [9.17, 15) is 8.78 Å². The Morgan fingerprint density at radius 2 is 2.07 bits per heavy atom. The molecule has 2 aromatic rings. The van der Waals surface area contributed by atoms with Crippen LogP contribution in [-0.2, 0) is 13.0 Å². The summed E-state index contributed by atoms with van der Waals surface area (Å²) < 4.78 is 40.2. The summed E-state index contributed by atoms with van der Waals surface area (Å²) in [4.78, 5) is 4.47. The Morgan fingerprint density at radius 3 is 2.68 bits per heavy atom. The van der Waals surface area contributed by atoms with E-state index < -0.39 is 6.61 Å². The van der Waals surface area contributed by atoms with Gasteiger partial charge in [-0.25, -0.2) is 4.99 Å². The number of benzene rings is 1. The lowest BCUT2D eigenvalue weighted by molar-refractivity contribution is -0.0504. The average molecular weight is 396 g/mol. The van der Waals surface area contributed by atoms with Crippen molar-refractivity contribution in [2.45, 2.75) is 40.3 Å². The van der Waals surface area contributed by atoms with Gasteiger partial charge in [-0.1, -0.05) is 5.16 Å². The third-order valence-corrected chi connectivity index (χ3v) is 4.08. The molecule has 0 saturated carbocycles. The minimum Gasteiger partial charge on any atom is -0.497 e. The van der Waals surface area contributed by atoms with E-state index in [1.54, 1.807) is 12.1 Å². The number of hydrogen-bond donors (Lipinski definition) is 2. The number of aryl methyl sites for hydroxylation is 2. The Balaban J connectivity index is 2.07. The molecule has 1 aromatic carbocycles. The Bertz CT molecular complexity index is 774. The van der Waals surface area contributed by atoms with Gasteiger partial charge in [0.25, 0.3) is 0 Å². The van der Waals surface area contributed by atoms with Crippen LogP contribution in [0.1, 0.15) is 29.5 Å². The maximum Gasteiger partial charge on any atom is 0.387 e. The summed E-state index contributed by atoms with van der Waals surface area (Å²) in [5.41, 5.74) is 2.43. The number of nitrogens with zero attached hydrogens (tertiary/aromatic N) is 2. The van der Waals surface area contributed by atoms with Crippen LogP contribution in [0.3, 0.4) is 0 Å². The molecule has 0 fully saturated rings. The maximum absolute atomic E-state index is 12.6. The van der Waals surface area contributed by atoms with Gasteiger partial charge in [0.15, 0.2) is 5.96 Å². The number of methoxy groups -OCH3 is 1. The third kappa shape index (κ3) is 6.11. The van der Waals surface area contributed by atoms with E-state index in [0.717, 1.165) is 23.4 Å². The molecule has 0 aliphatic rings. The van der Waals surface area contributed by atoms with Crippen LogP contribution in [0, 0.1) is 13.8 Å². The lowest BCUT2D eigenvalue weighted by atomic mass is 10.1. The quantitative estimate of drug-likeness (QED) is 0.501. The van der Waals surface area contributed by atoms with Gasteiger partial charge in [-0.2, -0.15) is 8.78 Å². The predicted molar refractivity (Wildman–Crippen MR) is 102 cm³/mol. The van der Waals surface area contributed by atoms with Gasteiger partial charge in [0.2, 0.25) is 0 Å². The number of guanidine groups is 1. The van der Waals surface area contributed by atoms with Crippen LogP contribution in [0.15, 0.2) is 27.7 Å². The van der Waals surface area contributed by atoms with Crippen molar-refractivity contribution >= 4 is 5.96 Å². The number of halogens is 2. The second kappa shape index (κ2) is 10.5. The molecule has 0 aliphatic carbocycles. The highest BCUT2D eigenvalue weighted by molar-refractivity contribution is 5.79. The fraction of sp³-hybridized carbons (Fsp3) is 0.474. The highest BCUT2D eigenvalue weighted by Gasteiger charge is 2.12. The Hall–Kier alpha value is -2.84. The van der Waals surface area contributed by atoms with Crippen molar-refractivity contribution in [1.29, 1.82) is 0 Å². The second-order valence-electron chi connectivity index (χ2n) is 6.03. The predicted octanol–water partition coefficient (Wildman–Crippen LogP) is 3.20. The van der Waals surface area contributed by atoms with E-state index in [1.807, 2.05) is 20.8 Å². The third-order valence-electron chi connectivity index (χ3n) is 4.08. The molecule has 9 heteroatoms. The van der Waals surface area contributed by atoms with Crippen LogP contribution in [0.5, 0.6) is 11.5 Å². The van der Waals surface area contributed by atoms with E-state index in [4.69, 9.17) is 9.26 Å². The summed E-state index contributed by atoms with van der Waals surface area (Å²) in [5.74, 6) is 1.99. The molecule has 28 heavy (non-hydrogen) atoms. The molecule has 1 aromatic heterocycles. The molecule has 2 N–H and O–H groups in total. The Labute approximate surface area is 163 Å². The summed E-state index contributed by atoms with van der Waals surface area (Å²) in [5, 5.41) is 10.3. The van der Waals surface area contributed by atoms with Crippen LogP contribution < -0.4 is 20.1 Å². The van der Waals surface area contributed by atoms with E-state index in [1.165, 1.54) is 13.2 Å². The largest absolute Gasteiger partial charge is 0.497 e.